The maximum Gasteiger partial charge on any atom is 0.341 e. The number of anilines is 2. The van der Waals surface area contributed by atoms with Crippen LogP contribution in [-0.2, 0) is 11.3 Å². The van der Waals surface area contributed by atoms with Crippen molar-refractivity contribution in [2.24, 2.45) is 0 Å². The molecule has 6 nitrogen and oxygen atoms in total. The molecule has 0 spiro atoms. The Morgan fingerprint density at radius 1 is 1.15 bits per heavy atom. The summed E-state index contributed by atoms with van der Waals surface area (Å²) in [5, 5.41) is 11.7. The summed E-state index contributed by atoms with van der Waals surface area (Å²) in [4.78, 5) is 13.6. The Labute approximate surface area is 209 Å². The van der Waals surface area contributed by atoms with Crippen molar-refractivity contribution in [2.45, 2.75) is 13.5 Å². The normalized spacial score (nSPS) is 10.6. The van der Waals surface area contributed by atoms with Crippen molar-refractivity contribution < 1.29 is 9.53 Å². The van der Waals surface area contributed by atoms with E-state index in [1.807, 2.05) is 72.4 Å². The maximum absolute atomic E-state index is 12.6. The highest BCUT2D eigenvalue weighted by Gasteiger charge is 2.24. The molecule has 2 N–H and O–H groups in total. The molecule has 0 bridgehead atoms. The summed E-state index contributed by atoms with van der Waals surface area (Å²) in [5.41, 5.74) is 4.16. The summed E-state index contributed by atoms with van der Waals surface area (Å²) in [6.45, 7) is 2.62. The Bertz CT molecular complexity index is 1280. The van der Waals surface area contributed by atoms with Crippen molar-refractivity contribution >= 4 is 61.3 Å². The number of carbonyl (C=O) groups excluding carboxylic acids is 1. The Hall–Kier alpha value is -3.01. The molecule has 0 amide bonds. The zero-order valence-corrected chi connectivity index (χ0v) is 21.2. The van der Waals surface area contributed by atoms with Gasteiger partial charge in [-0.2, -0.15) is 5.10 Å². The molecule has 4 rings (SSSR count). The van der Waals surface area contributed by atoms with Crippen LogP contribution in [0.1, 0.15) is 20.8 Å². The Morgan fingerprint density at radius 2 is 1.88 bits per heavy atom. The molecule has 33 heavy (non-hydrogen) atoms. The molecular weight excluding hydrogens is 520 g/mol. The van der Waals surface area contributed by atoms with Crippen LogP contribution in [0.3, 0.4) is 0 Å². The van der Waals surface area contributed by atoms with Gasteiger partial charge < -0.3 is 15.4 Å². The first-order chi connectivity index (χ1) is 15.9. The summed E-state index contributed by atoms with van der Waals surface area (Å²) in [5.74, 6) is -0.411. The third-order valence-corrected chi connectivity index (χ3v) is 6.67. The van der Waals surface area contributed by atoms with E-state index < -0.39 is 5.97 Å². The van der Waals surface area contributed by atoms with Crippen LogP contribution in [0.15, 0.2) is 71.5 Å². The van der Waals surface area contributed by atoms with Crippen LogP contribution < -0.4 is 10.6 Å². The predicted molar refractivity (Wildman–Crippen MR) is 141 cm³/mol. The molecular formula is C24H21BrN4O2S2. The lowest BCUT2D eigenvalue weighted by Crippen LogP contribution is -2.19. The van der Waals surface area contributed by atoms with E-state index >= 15 is 0 Å². The van der Waals surface area contributed by atoms with Crippen LogP contribution in [0, 0.1) is 6.92 Å². The number of benzene rings is 2. The minimum atomic E-state index is -0.411. The number of rotatable bonds is 6. The van der Waals surface area contributed by atoms with Crippen LogP contribution in [0.25, 0.3) is 11.1 Å². The van der Waals surface area contributed by atoms with E-state index in [2.05, 4.69) is 31.7 Å². The second kappa shape index (κ2) is 10.3. The first kappa shape index (κ1) is 23.2. The van der Waals surface area contributed by atoms with Gasteiger partial charge in [-0.25, -0.2) is 4.79 Å². The lowest BCUT2D eigenvalue weighted by Gasteiger charge is -2.10. The van der Waals surface area contributed by atoms with Gasteiger partial charge in [0.05, 0.1) is 25.5 Å². The highest BCUT2D eigenvalue weighted by molar-refractivity contribution is 9.10. The number of hydrogen-bond donors (Lipinski definition) is 2. The number of methoxy groups -OCH3 is 1. The standard InChI is InChI=1S/C24H21BrN4O2S2/c1-15-20(17-6-4-3-5-7-17)21(23(30)31-2)22(33-15)28-24(32)27-19-12-26-29(14-19)13-16-8-10-18(25)11-9-16/h3-12,14H,13H2,1-2H3,(H2,27,28,32). The van der Waals surface area contributed by atoms with Gasteiger partial charge in [0.2, 0.25) is 0 Å². The van der Waals surface area contributed by atoms with Gasteiger partial charge in [-0.3, -0.25) is 4.68 Å². The summed E-state index contributed by atoms with van der Waals surface area (Å²) in [6, 6.07) is 17.9. The number of thiophene rings is 1. The number of carbonyl (C=O) groups is 1. The zero-order valence-electron chi connectivity index (χ0n) is 18.0. The van der Waals surface area contributed by atoms with Gasteiger partial charge >= 0.3 is 5.97 Å². The van der Waals surface area contributed by atoms with Crippen molar-refractivity contribution in [3.05, 3.63) is 87.5 Å². The summed E-state index contributed by atoms with van der Waals surface area (Å²) in [6.07, 6.45) is 3.59. The minimum Gasteiger partial charge on any atom is -0.465 e. The minimum absolute atomic E-state index is 0.365. The molecule has 4 aromatic rings. The third kappa shape index (κ3) is 5.50. The molecule has 2 heterocycles. The van der Waals surface area contributed by atoms with Gasteiger partial charge in [0.15, 0.2) is 5.11 Å². The van der Waals surface area contributed by atoms with Gasteiger partial charge in [0.1, 0.15) is 10.6 Å². The number of nitrogens with one attached hydrogen (secondary N) is 2. The number of thiocarbonyl (C=S) groups is 1. The first-order valence-electron chi connectivity index (χ1n) is 10.1. The molecule has 0 saturated carbocycles. The number of nitrogens with zero attached hydrogens (tertiary/aromatic N) is 2. The smallest absolute Gasteiger partial charge is 0.341 e. The summed E-state index contributed by atoms with van der Waals surface area (Å²) >= 11 is 10.4. The van der Waals surface area contributed by atoms with Crippen LogP contribution in [0.2, 0.25) is 0 Å². The monoisotopic (exact) mass is 540 g/mol. The molecule has 0 aliphatic carbocycles. The topological polar surface area (TPSA) is 68.2 Å². The molecule has 9 heteroatoms. The van der Waals surface area contributed by atoms with Gasteiger partial charge in [0.25, 0.3) is 0 Å². The predicted octanol–water partition coefficient (Wildman–Crippen LogP) is 6.33. The number of halogens is 1. The number of aryl methyl sites for hydroxylation is 1. The largest absolute Gasteiger partial charge is 0.465 e. The van der Waals surface area contributed by atoms with E-state index in [9.17, 15) is 4.79 Å². The first-order valence-corrected chi connectivity index (χ1v) is 12.1. The maximum atomic E-state index is 12.6. The van der Waals surface area contributed by atoms with E-state index in [1.165, 1.54) is 18.4 Å². The SMILES string of the molecule is COC(=O)c1c(NC(=S)Nc2cnn(Cc3ccc(Br)cc3)c2)sc(C)c1-c1ccccc1. The molecule has 0 radical (unpaired) electrons. The number of aromatic nitrogens is 2. The second-order valence-electron chi connectivity index (χ2n) is 7.23. The third-order valence-electron chi connectivity index (χ3n) is 4.91. The number of ether oxygens (including phenoxy) is 1. The van der Waals surface area contributed by atoms with Gasteiger partial charge in [-0.15, -0.1) is 11.3 Å². The number of esters is 1. The number of hydrogen-bond acceptors (Lipinski definition) is 5. The van der Waals surface area contributed by atoms with Crippen LogP contribution in [0.5, 0.6) is 0 Å². The molecule has 0 saturated heterocycles. The lowest BCUT2D eigenvalue weighted by atomic mass is 10.0. The fourth-order valence-corrected chi connectivity index (χ4v) is 5.06. The van der Waals surface area contributed by atoms with Crippen LogP contribution in [0.4, 0.5) is 10.7 Å². The summed E-state index contributed by atoms with van der Waals surface area (Å²) in [7, 11) is 1.38. The quantitative estimate of drug-likeness (QED) is 0.220. The van der Waals surface area contributed by atoms with Crippen molar-refractivity contribution in [3.8, 4) is 11.1 Å². The zero-order chi connectivity index (χ0) is 23.4. The second-order valence-corrected chi connectivity index (χ2v) is 9.78. The fourth-order valence-electron chi connectivity index (χ4n) is 3.44. The highest BCUT2D eigenvalue weighted by Crippen LogP contribution is 2.40. The van der Waals surface area contributed by atoms with Crippen molar-refractivity contribution in [2.75, 3.05) is 17.7 Å². The average Bonchev–Trinajstić information content (AvgIpc) is 3.38. The van der Waals surface area contributed by atoms with Gasteiger partial charge in [-0.05, 0) is 42.4 Å². The van der Waals surface area contributed by atoms with E-state index in [0.717, 1.165) is 31.7 Å². The molecule has 0 fully saturated rings. The summed E-state index contributed by atoms with van der Waals surface area (Å²) < 4.78 is 7.94. The fraction of sp³-hybridized carbons (Fsp3) is 0.125. The van der Waals surface area contributed by atoms with E-state index in [4.69, 9.17) is 17.0 Å². The molecule has 0 aliphatic heterocycles. The van der Waals surface area contributed by atoms with E-state index in [0.29, 0.717) is 22.2 Å². The molecule has 2 aromatic carbocycles. The molecule has 0 aliphatic rings. The Morgan fingerprint density at radius 3 is 2.58 bits per heavy atom. The van der Waals surface area contributed by atoms with Gasteiger partial charge in [0, 0.05) is 21.1 Å². The highest BCUT2D eigenvalue weighted by atomic mass is 79.9. The van der Waals surface area contributed by atoms with E-state index in [1.54, 1.807) is 6.20 Å². The lowest BCUT2D eigenvalue weighted by molar-refractivity contribution is 0.0603. The Kier molecular flexibility index (Phi) is 7.22. The van der Waals surface area contributed by atoms with Crippen molar-refractivity contribution in [1.29, 1.82) is 0 Å². The van der Waals surface area contributed by atoms with Gasteiger partial charge in [-0.1, -0.05) is 58.4 Å². The molecule has 2 aromatic heterocycles. The molecule has 0 atom stereocenters. The molecule has 168 valence electrons. The van der Waals surface area contributed by atoms with Crippen molar-refractivity contribution in [3.63, 3.8) is 0 Å². The average molecular weight is 541 g/mol. The Balaban J connectivity index is 1.50. The van der Waals surface area contributed by atoms with Crippen molar-refractivity contribution in [1.82, 2.24) is 9.78 Å². The molecule has 0 unspecified atom stereocenters. The van der Waals surface area contributed by atoms with E-state index in [-0.39, 0.29) is 0 Å². The van der Waals surface area contributed by atoms with Crippen LogP contribution in [-0.4, -0.2) is 28.0 Å². The van der Waals surface area contributed by atoms with Crippen LogP contribution >= 0.6 is 39.5 Å².